The molecule has 0 amide bonds. The van der Waals surface area contributed by atoms with Gasteiger partial charge in [-0.15, -0.1) is 0 Å². The number of nitrogens with one attached hydrogen (secondary N) is 1. The second-order valence-corrected chi connectivity index (χ2v) is 5.17. The Balaban J connectivity index is 2.08. The average Bonchev–Trinajstić information content (AvgIpc) is 2.51. The van der Waals surface area contributed by atoms with Crippen molar-refractivity contribution in [3.63, 3.8) is 0 Å². The van der Waals surface area contributed by atoms with Crippen molar-refractivity contribution in [2.75, 3.05) is 13.1 Å². The molecule has 1 nitrogen and oxygen atoms in total. The molecule has 1 aliphatic rings. The molecular formula is C15H27N. The highest BCUT2D eigenvalue weighted by atomic mass is 14.8. The Morgan fingerprint density at radius 2 is 2.19 bits per heavy atom. The first kappa shape index (κ1) is 13.5. The van der Waals surface area contributed by atoms with Gasteiger partial charge in [-0.2, -0.15) is 0 Å². The molecule has 0 radical (unpaired) electrons. The first-order valence-electron chi connectivity index (χ1n) is 6.85. The number of hydrogen-bond donors (Lipinski definition) is 1. The predicted molar refractivity (Wildman–Crippen MR) is 72.6 cm³/mol. The van der Waals surface area contributed by atoms with Gasteiger partial charge in [0.25, 0.3) is 0 Å². The van der Waals surface area contributed by atoms with E-state index in [0.717, 1.165) is 25.4 Å². The summed E-state index contributed by atoms with van der Waals surface area (Å²) in [5.74, 6) is 0.758. The van der Waals surface area contributed by atoms with Gasteiger partial charge in [0.2, 0.25) is 0 Å². The molecule has 0 unspecified atom stereocenters. The molecule has 1 N–H and O–H groups in total. The van der Waals surface area contributed by atoms with Gasteiger partial charge < -0.3 is 5.32 Å². The highest BCUT2D eigenvalue weighted by Crippen LogP contribution is 2.17. The van der Waals surface area contributed by atoms with E-state index in [-0.39, 0.29) is 0 Å². The molecule has 0 aromatic carbocycles. The summed E-state index contributed by atoms with van der Waals surface area (Å²) in [6, 6.07) is 0. The first-order valence-corrected chi connectivity index (χ1v) is 6.85. The van der Waals surface area contributed by atoms with Crippen molar-refractivity contribution >= 4 is 0 Å². The minimum atomic E-state index is 0.758. The third kappa shape index (κ3) is 6.84. The molecule has 0 atom stereocenters. The van der Waals surface area contributed by atoms with E-state index >= 15 is 0 Å². The average molecular weight is 221 g/mol. The Hall–Kier alpha value is -0.560. The summed E-state index contributed by atoms with van der Waals surface area (Å²) in [5.41, 5.74) is 1.56. The summed E-state index contributed by atoms with van der Waals surface area (Å²) in [6.45, 7) is 6.75. The van der Waals surface area contributed by atoms with Crippen molar-refractivity contribution in [1.82, 2.24) is 5.32 Å². The van der Waals surface area contributed by atoms with Gasteiger partial charge in [-0.3, -0.25) is 0 Å². The molecule has 0 bridgehead atoms. The lowest BCUT2D eigenvalue weighted by molar-refractivity contribution is 0.557. The molecule has 0 heterocycles. The van der Waals surface area contributed by atoms with Crippen LogP contribution in [0.3, 0.4) is 0 Å². The van der Waals surface area contributed by atoms with Crippen molar-refractivity contribution in [3.8, 4) is 0 Å². The topological polar surface area (TPSA) is 12.0 Å². The van der Waals surface area contributed by atoms with Gasteiger partial charge in [-0.25, -0.2) is 0 Å². The van der Waals surface area contributed by atoms with Crippen LogP contribution in [0.2, 0.25) is 0 Å². The SMILES string of the molecule is CC(C)CNCC/C=C/C1=CCCCCC1. The van der Waals surface area contributed by atoms with Gasteiger partial charge >= 0.3 is 0 Å². The van der Waals surface area contributed by atoms with E-state index in [9.17, 15) is 0 Å². The van der Waals surface area contributed by atoms with Crippen molar-refractivity contribution in [1.29, 1.82) is 0 Å². The molecular weight excluding hydrogens is 194 g/mol. The summed E-state index contributed by atoms with van der Waals surface area (Å²) in [5, 5.41) is 3.46. The molecule has 0 aromatic rings. The Morgan fingerprint density at radius 3 is 3.00 bits per heavy atom. The maximum atomic E-state index is 3.46. The minimum absolute atomic E-state index is 0.758. The van der Waals surface area contributed by atoms with E-state index in [1.54, 1.807) is 5.57 Å². The van der Waals surface area contributed by atoms with Crippen LogP contribution in [0.15, 0.2) is 23.8 Å². The molecule has 1 rings (SSSR count). The minimum Gasteiger partial charge on any atom is -0.316 e. The second-order valence-electron chi connectivity index (χ2n) is 5.17. The van der Waals surface area contributed by atoms with E-state index in [2.05, 4.69) is 37.4 Å². The Morgan fingerprint density at radius 1 is 1.31 bits per heavy atom. The quantitative estimate of drug-likeness (QED) is 0.667. The highest BCUT2D eigenvalue weighted by molar-refractivity contribution is 5.19. The molecule has 16 heavy (non-hydrogen) atoms. The van der Waals surface area contributed by atoms with Crippen LogP contribution in [0.5, 0.6) is 0 Å². The van der Waals surface area contributed by atoms with Gasteiger partial charge in [-0.05, 0) is 51.1 Å². The smallest absolute Gasteiger partial charge is 0.00140 e. The highest BCUT2D eigenvalue weighted by Gasteiger charge is 1.98. The van der Waals surface area contributed by atoms with Crippen LogP contribution < -0.4 is 5.32 Å². The van der Waals surface area contributed by atoms with Gasteiger partial charge in [0.05, 0.1) is 0 Å². The molecule has 0 aliphatic heterocycles. The molecule has 0 fully saturated rings. The summed E-state index contributed by atoms with van der Waals surface area (Å²) >= 11 is 0. The van der Waals surface area contributed by atoms with Crippen molar-refractivity contribution in [3.05, 3.63) is 23.8 Å². The third-order valence-corrected chi connectivity index (χ3v) is 2.95. The lowest BCUT2D eigenvalue weighted by atomic mass is 10.1. The summed E-state index contributed by atoms with van der Waals surface area (Å²) in [7, 11) is 0. The van der Waals surface area contributed by atoms with Crippen molar-refractivity contribution in [2.45, 2.75) is 52.4 Å². The summed E-state index contributed by atoms with van der Waals surface area (Å²) < 4.78 is 0. The zero-order chi connectivity index (χ0) is 11.6. The second kappa shape index (κ2) is 8.58. The lowest BCUT2D eigenvalue weighted by Gasteiger charge is -2.05. The fourth-order valence-corrected chi connectivity index (χ4v) is 2.00. The fraction of sp³-hybridized carbons (Fsp3) is 0.733. The van der Waals surface area contributed by atoms with E-state index in [1.165, 1.54) is 32.1 Å². The molecule has 0 saturated carbocycles. The Kier molecular flexibility index (Phi) is 7.24. The number of allylic oxidation sites excluding steroid dienone is 3. The molecule has 1 aliphatic carbocycles. The maximum Gasteiger partial charge on any atom is -0.00140 e. The van der Waals surface area contributed by atoms with E-state index < -0.39 is 0 Å². The molecule has 1 heteroatoms. The zero-order valence-corrected chi connectivity index (χ0v) is 11.0. The predicted octanol–water partition coefficient (Wildman–Crippen LogP) is 4.07. The van der Waals surface area contributed by atoms with Gasteiger partial charge in [0.1, 0.15) is 0 Å². The zero-order valence-electron chi connectivity index (χ0n) is 11.0. The van der Waals surface area contributed by atoms with Crippen molar-refractivity contribution in [2.24, 2.45) is 5.92 Å². The number of hydrogen-bond acceptors (Lipinski definition) is 1. The van der Waals surface area contributed by atoms with Crippen molar-refractivity contribution < 1.29 is 0 Å². The number of rotatable bonds is 6. The normalized spacial score (nSPS) is 17.8. The van der Waals surface area contributed by atoms with Crippen LogP contribution in [0.4, 0.5) is 0 Å². The molecule has 0 saturated heterocycles. The lowest BCUT2D eigenvalue weighted by Crippen LogP contribution is -2.20. The third-order valence-electron chi connectivity index (χ3n) is 2.95. The largest absolute Gasteiger partial charge is 0.316 e. The van der Waals surface area contributed by atoms with Gasteiger partial charge in [0, 0.05) is 0 Å². The maximum absolute atomic E-state index is 3.46. The van der Waals surface area contributed by atoms with Gasteiger partial charge in [-0.1, -0.05) is 44.1 Å². The fourth-order valence-electron chi connectivity index (χ4n) is 2.00. The van der Waals surface area contributed by atoms with Crippen LogP contribution >= 0.6 is 0 Å². The van der Waals surface area contributed by atoms with E-state index in [4.69, 9.17) is 0 Å². The summed E-state index contributed by atoms with van der Waals surface area (Å²) in [4.78, 5) is 0. The molecule has 0 aromatic heterocycles. The van der Waals surface area contributed by atoms with E-state index in [1.807, 2.05) is 0 Å². The Bertz CT molecular complexity index is 226. The first-order chi connectivity index (χ1) is 7.79. The van der Waals surface area contributed by atoms with Gasteiger partial charge in [0.15, 0.2) is 0 Å². The van der Waals surface area contributed by atoms with Crippen LogP contribution in [-0.4, -0.2) is 13.1 Å². The molecule has 92 valence electrons. The van der Waals surface area contributed by atoms with Crippen LogP contribution in [0.25, 0.3) is 0 Å². The Labute approximate surface area is 101 Å². The monoisotopic (exact) mass is 221 g/mol. The van der Waals surface area contributed by atoms with Crippen LogP contribution in [0, 0.1) is 5.92 Å². The summed E-state index contributed by atoms with van der Waals surface area (Å²) in [6.07, 6.45) is 15.0. The van der Waals surface area contributed by atoms with Crippen LogP contribution in [-0.2, 0) is 0 Å². The van der Waals surface area contributed by atoms with Crippen LogP contribution in [0.1, 0.15) is 52.4 Å². The molecule has 0 spiro atoms. The standard InChI is InChI=1S/C15H27N/c1-14(2)13-16-12-8-7-11-15-9-5-3-4-6-10-15/h7,9,11,14,16H,3-6,8,10,12-13H2,1-2H3/b11-7+. The van der Waals surface area contributed by atoms with E-state index in [0.29, 0.717) is 0 Å².